The molecule has 3 rings (SSSR count). The van der Waals surface area contributed by atoms with Crippen LogP contribution in [0.5, 0.6) is 11.5 Å². The van der Waals surface area contributed by atoms with E-state index in [2.05, 4.69) is 22.2 Å². The number of rotatable bonds is 9. The van der Waals surface area contributed by atoms with Gasteiger partial charge in [0.15, 0.2) is 0 Å². The first kappa shape index (κ1) is 23.5. The normalized spacial score (nSPS) is 10.7. The molecule has 7 heteroatoms. The highest BCUT2D eigenvalue weighted by molar-refractivity contribution is 5.96. The number of nitrogens with zero attached hydrogens (tertiary/aromatic N) is 2. The van der Waals surface area contributed by atoms with Gasteiger partial charge in [-0.1, -0.05) is 24.8 Å². The average Bonchev–Trinajstić information content (AvgIpc) is 2.78. The summed E-state index contributed by atoms with van der Waals surface area (Å²) in [5.41, 5.74) is 2.55. The maximum Gasteiger partial charge on any atom is 0.251 e. The molecule has 0 unspecified atom stereocenters. The average molecular weight is 447 g/mol. The smallest absolute Gasteiger partial charge is 0.251 e. The highest BCUT2D eigenvalue weighted by atomic mass is 19.1. The van der Waals surface area contributed by atoms with Crippen molar-refractivity contribution in [3.05, 3.63) is 108 Å². The van der Waals surface area contributed by atoms with Crippen LogP contribution >= 0.6 is 0 Å². The number of hydrogen-bond donors (Lipinski definition) is 2. The Labute approximate surface area is 193 Å². The monoisotopic (exact) mass is 446 g/mol. The molecule has 1 heterocycles. The minimum atomic E-state index is -0.336. The molecule has 2 aromatic carbocycles. The van der Waals surface area contributed by atoms with Crippen molar-refractivity contribution in [3.8, 4) is 11.5 Å². The fraction of sp³-hybridized carbons (Fsp3) is 0.154. The fourth-order valence-corrected chi connectivity index (χ4v) is 3.01. The predicted octanol–water partition coefficient (Wildman–Crippen LogP) is 5.25. The van der Waals surface area contributed by atoms with Gasteiger partial charge in [-0.05, 0) is 48.9 Å². The molecular formula is C26H27FN4O2. The molecule has 1 amide bonds. The maximum atomic E-state index is 13.4. The van der Waals surface area contributed by atoms with E-state index in [4.69, 9.17) is 4.74 Å². The molecule has 0 aliphatic carbocycles. The highest BCUT2D eigenvalue weighted by Crippen LogP contribution is 2.28. The van der Waals surface area contributed by atoms with E-state index >= 15 is 0 Å². The van der Waals surface area contributed by atoms with Crippen molar-refractivity contribution in [3.63, 3.8) is 0 Å². The Kier molecular flexibility index (Phi) is 7.81. The molecule has 0 aliphatic rings. The highest BCUT2D eigenvalue weighted by Gasteiger charge is 2.13. The van der Waals surface area contributed by atoms with E-state index in [1.807, 2.05) is 38.2 Å². The van der Waals surface area contributed by atoms with Crippen LogP contribution in [-0.2, 0) is 6.54 Å². The number of anilines is 1. The minimum absolute atomic E-state index is 0.229. The summed E-state index contributed by atoms with van der Waals surface area (Å²) in [4.78, 5) is 18.9. The van der Waals surface area contributed by atoms with Crippen LogP contribution in [0.2, 0.25) is 0 Å². The van der Waals surface area contributed by atoms with Gasteiger partial charge in [-0.25, -0.2) is 9.37 Å². The summed E-state index contributed by atoms with van der Waals surface area (Å²) in [6.45, 7) is 6.00. The molecular weight excluding hydrogens is 419 g/mol. The number of halogens is 1. The van der Waals surface area contributed by atoms with Crippen molar-refractivity contribution < 1.29 is 13.9 Å². The summed E-state index contributed by atoms with van der Waals surface area (Å²) in [5.74, 6) is 1.11. The Balaban J connectivity index is 1.69. The first-order valence-electron chi connectivity index (χ1n) is 10.4. The van der Waals surface area contributed by atoms with Gasteiger partial charge < -0.3 is 20.3 Å². The van der Waals surface area contributed by atoms with E-state index in [0.717, 1.165) is 0 Å². The van der Waals surface area contributed by atoms with Crippen molar-refractivity contribution in [2.45, 2.75) is 13.5 Å². The third-order valence-corrected chi connectivity index (χ3v) is 4.69. The topological polar surface area (TPSA) is 66.5 Å². The Hall–Kier alpha value is -4.13. The van der Waals surface area contributed by atoms with Crippen LogP contribution in [0, 0.1) is 12.7 Å². The molecule has 170 valence electrons. The lowest BCUT2D eigenvalue weighted by molar-refractivity contribution is 0.0950. The Bertz CT molecular complexity index is 1170. The second-order valence-corrected chi connectivity index (χ2v) is 7.65. The molecule has 0 atom stereocenters. The molecule has 0 saturated heterocycles. The first-order chi connectivity index (χ1) is 15.8. The second-order valence-electron chi connectivity index (χ2n) is 7.65. The van der Waals surface area contributed by atoms with E-state index in [9.17, 15) is 9.18 Å². The molecule has 0 fully saturated rings. The van der Waals surface area contributed by atoms with Gasteiger partial charge in [0, 0.05) is 55.9 Å². The van der Waals surface area contributed by atoms with Crippen LogP contribution in [-0.4, -0.2) is 29.9 Å². The van der Waals surface area contributed by atoms with Gasteiger partial charge >= 0.3 is 0 Å². The third-order valence-electron chi connectivity index (χ3n) is 4.69. The summed E-state index contributed by atoms with van der Waals surface area (Å²) in [6, 6.07) is 14.9. The molecule has 33 heavy (non-hydrogen) atoms. The number of pyridine rings is 1. The third kappa shape index (κ3) is 6.93. The van der Waals surface area contributed by atoms with Gasteiger partial charge in [-0.15, -0.1) is 0 Å². The number of carbonyl (C=O) groups excluding carboxylic acids is 1. The molecule has 0 saturated carbocycles. The summed E-state index contributed by atoms with van der Waals surface area (Å²) >= 11 is 0. The first-order valence-corrected chi connectivity index (χ1v) is 10.4. The van der Waals surface area contributed by atoms with Gasteiger partial charge in [0.25, 0.3) is 5.91 Å². The standard InChI is InChI=1S/C26H27FN4O2/c1-18(12-14-31(3)4)30-25-16-22(11-13-28-25)33-24-10-6-9-23(19(24)2)26(32)29-17-20-7-5-8-21(27)15-20/h5-16H,1,17H2,2-4H3,(H,28,30)(H,29,32)/b14-12-. The van der Waals surface area contributed by atoms with Crippen LogP contribution in [0.3, 0.4) is 0 Å². The van der Waals surface area contributed by atoms with Crippen molar-refractivity contribution >= 4 is 11.7 Å². The Morgan fingerprint density at radius 1 is 1.18 bits per heavy atom. The van der Waals surface area contributed by atoms with Crippen LogP contribution in [0.25, 0.3) is 0 Å². The van der Waals surface area contributed by atoms with Gasteiger partial charge in [-0.3, -0.25) is 4.79 Å². The van der Waals surface area contributed by atoms with Crippen LogP contribution in [0.4, 0.5) is 10.2 Å². The zero-order valence-electron chi connectivity index (χ0n) is 18.9. The van der Waals surface area contributed by atoms with E-state index < -0.39 is 0 Å². The minimum Gasteiger partial charge on any atom is -0.457 e. The lowest BCUT2D eigenvalue weighted by Gasteiger charge is -2.14. The van der Waals surface area contributed by atoms with Crippen LogP contribution in [0.15, 0.2) is 85.3 Å². The molecule has 0 radical (unpaired) electrons. The van der Waals surface area contributed by atoms with E-state index in [1.165, 1.54) is 12.1 Å². The van der Waals surface area contributed by atoms with Crippen molar-refractivity contribution in [2.75, 3.05) is 19.4 Å². The molecule has 0 aliphatic heterocycles. The van der Waals surface area contributed by atoms with E-state index in [1.54, 1.807) is 48.7 Å². The van der Waals surface area contributed by atoms with E-state index in [-0.39, 0.29) is 18.3 Å². The SMILES string of the molecule is C=C(/C=C\N(C)C)Nc1cc(Oc2cccc(C(=O)NCc3cccc(F)c3)c2C)ccn1. The number of nitrogens with one attached hydrogen (secondary N) is 2. The summed E-state index contributed by atoms with van der Waals surface area (Å²) in [5, 5.41) is 5.94. The summed E-state index contributed by atoms with van der Waals surface area (Å²) in [6.07, 6.45) is 5.35. The maximum absolute atomic E-state index is 13.4. The van der Waals surface area contributed by atoms with Gasteiger partial charge in [-0.2, -0.15) is 0 Å². The molecule has 3 aromatic rings. The Morgan fingerprint density at radius 3 is 2.73 bits per heavy atom. The van der Waals surface area contributed by atoms with Crippen molar-refractivity contribution in [1.29, 1.82) is 0 Å². The van der Waals surface area contributed by atoms with Crippen molar-refractivity contribution in [1.82, 2.24) is 15.2 Å². The number of benzene rings is 2. The molecule has 6 nitrogen and oxygen atoms in total. The quantitative estimate of drug-likeness (QED) is 0.440. The zero-order valence-corrected chi connectivity index (χ0v) is 18.9. The number of carbonyl (C=O) groups is 1. The zero-order chi connectivity index (χ0) is 23.8. The molecule has 1 aromatic heterocycles. The van der Waals surface area contributed by atoms with Gasteiger partial charge in [0.05, 0.1) is 0 Å². The molecule has 0 bridgehead atoms. The second kappa shape index (κ2) is 10.9. The van der Waals surface area contributed by atoms with Crippen LogP contribution in [0.1, 0.15) is 21.5 Å². The largest absolute Gasteiger partial charge is 0.457 e. The molecule has 2 N–H and O–H groups in total. The van der Waals surface area contributed by atoms with Gasteiger partial charge in [0.2, 0.25) is 0 Å². The number of hydrogen-bond acceptors (Lipinski definition) is 5. The van der Waals surface area contributed by atoms with Gasteiger partial charge in [0.1, 0.15) is 23.1 Å². The van der Waals surface area contributed by atoms with Crippen LogP contribution < -0.4 is 15.4 Å². The Morgan fingerprint density at radius 2 is 1.97 bits per heavy atom. The van der Waals surface area contributed by atoms with Crippen molar-refractivity contribution in [2.24, 2.45) is 0 Å². The summed E-state index contributed by atoms with van der Waals surface area (Å²) in [7, 11) is 3.85. The number of amides is 1. The number of aromatic nitrogens is 1. The number of allylic oxidation sites excluding steroid dienone is 1. The lowest BCUT2D eigenvalue weighted by atomic mass is 10.1. The van der Waals surface area contributed by atoms with E-state index in [0.29, 0.717) is 39.7 Å². The fourth-order valence-electron chi connectivity index (χ4n) is 3.01. The predicted molar refractivity (Wildman–Crippen MR) is 129 cm³/mol. The number of ether oxygens (including phenoxy) is 1. The lowest BCUT2D eigenvalue weighted by Crippen LogP contribution is -2.23. The molecule has 0 spiro atoms. The summed E-state index contributed by atoms with van der Waals surface area (Å²) < 4.78 is 19.4.